The van der Waals surface area contributed by atoms with Gasteiger partial charge in [0.2, 0.25) is 0 Å². The summed E-state index contributed by atoms with van der Waals surface area (Å²) >= 11 is 0. The predicted octanol–water partition coefficient (Wildman–Crippen LogP) is 10.4. The van der Waals surface area contributed by atoms with Crippen molar-refractivity contribution >= 4 is 6.08 Å². The minimum atomic E-state index is 0.750. The third-order valence-electron chi connectivity index (χ3n) is 9.55. The van der Waals surface area contributed by atoms with E-state index in [9.17, 15) is 0 Å². The molecule has 0 radical (unpaired) electrons. The van der Waals surface area contributed by atoms with Crippen molar-refractivity contribution < 1.29 is 0 Å². The van der Waals surface area contributed by atoms with Crippen molar-refractivity contribution in [1.29, 1.82) is 0 Å². The first-order chi connectivity index (χ1) is 16.3. The average Bonchev–Trinajstić information content (AvgIpc) is 2.89. The lowest BCUT2D eigenvalue weighted by Crippen LogP contribution is -2.32. The van der Waals surface area contributed by atoms with Crippen LogP contribution in [0.25, 0.3) is 6.08 Å². The van der Waals surface area contributed by atoms with Gasteiger partial charge in [0.05, 0.1) is 0 Å². The summed E-state index contributed by atoms with van der Waals surface area (Å²) in [5, 5.41) is 0. The van der Waals surface area contributed by atoms with Crippen LogP contribution < -0.4 is 0 Å². The molecule has 3 aliphatic rings. The van der Waals surface area contributed by atoms with Gasteiger partial charge in [-0.3, -0.25) is 0 Å². The Morgan fingerprint density at radius 1 is 0.788 bits per heavy atom. The van der Waals surface area contributed by atoms with Crippen molar-refractivity contribution in [3.05, 3.63) is 54.1 Å². The van der Waals surface area contributed by atoms with Crippen LogP contribution in [-0.4, -0.2) is 0 Å². The second kappa shape index (κ2) is 13.0. The third kappa shape index (κ3) is 6.86. The van der Waals surface area contributed by atoms with Gasteiger partial charge in [0.25, 0.3) is 0 Å². The van der Waals surface area contributed by atoms with Crippen LogP contribution in [0.2, 0.25) is 0 Å². The van der Waals surface area contributed by atoms with Crippen LogP contribution in [0.5, 0.6) is 0 Å². The van der Waals surface area contributed by atoms with Crippen LogP contribution in [0.1, 0.15) is 127 Å². The van der Waals surface area contributed by atoms with Crippen LogP contribution in [0, 0.1) is 29.6 Å². The van der Waals surface area contributed by atoms with Crippen molar-refractivity contribution in [1.82, 2.24) is 0 Å². The molecule has 0 spiro atoms. The fraction of sp³-hybridized carbons (Fsp3) is 0.697. The summed E-state index contributed by atoms with van der Waals surface area (Å²) in [6.45, 7) is 6.40. The van der Waals surface area contributed by atoms with Crippen LogP contribution in [0.3, 0.4) is 0 Å². The Morgan fingerprint density at radius 3 is 1.88 bits per heavy atom. The van der Waals surface area contributed by atoms with E-state index in [1.807, 2.05) is 0 Å². The molecule has 1 atom stereocenters. The van der Waals surface area contributed by atoms with Gasteiger partial charge in [-0.05, 0) is 78.7 Å². The molecule has 0 aliphatic heterocycles. The highest BCUT2D eigenvalue weighted by molar-refractivity contribution is 5.50. The predicted molar refractivity (Wildman–Crippen MR) is 145 cm³/mol. The molecule has 0 bridgehead atoms. The highest BCUT2D eigenvalue weighted by atomic mass is 14.4. The molecule has 33 heavy (non-hydrogen) atoms. The molecule has 4 rings (SSSR count). The zero-order valence-electron chi connectivity index (χ0n) is 21.5. The van der Waals surface area contributed by atoms with E-state index in [1.165, 1.54) is 108 Å². The Labute approximate surface area is 205 Å². The van der Waals surface area contributed by atoms with Crippen molar-refractivity contribution in [3.63, 3.8) is 0 Å². The fourth-order valence-corrected chi connectivity index (χ4v) is 7.67. The Morgan fingerprint density at radius 2 is 1.36 bits per heavy atom. The Balaban J connectivity index is 1.45. The molecular formula is C33H50. The van der Waals surface area contributed by atoms with Gasteiger partial charge in [0, 0.05) is 0 Å². The third-order valence-corrected chi connectivity index (χ3v) is 9.55. The largest absolute Gasteiger partial charge is 0.103 e. The standard InChI is InChI=1S/C33H50/c1-3-11-30(33(31-12-7-5-8-13-31)32-14-9-6-10-15-32)25-20-27-18-23-29(24-19-27)28-21-16-26(4-2)17-22-28/h4,18-20,23-26,28,30-33H,2-3,5-17,21-22H2,1H3. The second-order valence-corrected chi connectivity index (χ2v) is 11.7. The highest BCUT2D eigenvalue weighted by Gasteiger charge is 2.35. The summed E-state index contributed by atoms with van der Waals surface area (Å²) in [5.41, 5.74) is 2.97. The van der Waals surface area contributed by atoms with E-state index in [0.717, 1.165) is 35.5 Å². The number of hydrogen-bond donors (Lipinski definition) is 0. The molecule has 3 aliphatic carbocycles. The van der Waals surface area contributed by atoms with E-state index < -0.39 is 0 Å². The van der Waals surface area contributed by atoms with E-state index in [4.69, 9.17) is 0 Å². The summed E-state index contributed by atoms with van der Waals surface area (Å²) < 4.78 is 0. The molecule has 0 aromatic heterocycles. The smallest absolute Gasteiger partial charge is 0.0162 e. The van der Waals surface area contributed by atoms with Crippen molar-refractivity contribution in [3.8, 4) is 0 Å². The maximum Gasteiger partial charge on any atom is -0.0162 e. The molecule has 1 unspecified atom stereocenters. The lowest BCUT2D eigenvalue weighted by atomic mass is 9.64. The summed E-state index contributed by atoms with van der Waals surface area (Å²) in [4.78, 5) is 0. The van der Waals surface area contributed by atoms with Crippen LogP contribution in [-0.2, 0) is 0 Å². The first-order valence-electron chi connectivity index (χ1n) is 14.7. The van der Waals surface area contributed by atoms with Crippen molar-refractivity contribution in [2.24, 2.45) is 29.6 Å². The highest BCUT2D eigenvalue weighted by Crippen LogP contribution is 2.45. The lowest BCUT2D eigenvalue weighted by molar-refractivity contribution is 0.102. The molecular weight excluding hydrogens is 396 g/mol. The monoisotopic (exact) mass is 446 g/mol. The normalized spacial score (nSPS) is 26.6. The van der Waals surface area contributed by atoms with Gasteiger partial charge >= 0.3 is 0 Å². The van der Waals surface area contributed by atoms with E-state index in [-0.39, 0.29) is 0 Å². The van der Waals surface area contributed by atoms with Gasteiger partial charge in [-0.2, -0.15) is 0 Å². The number of rotatable bonds is 9. The lowest BCUT2D eigenvalue weighted by Gasteiger charge is -2.41. The molecule has 0 amide bonds. The van der Waals surface area contributed by atoms with Gasteiger partial charge in [0.1, 0.15) is 0 Å². The summed E-state index contributed by atoms with van der Waals surface area (Å²) in [6, 6.07) is 9.63. The average molecular weight is 447 g/mol. The topological polar surface area (TPSA) is 0 Å². The number of allylic oxidation sites excluding steroid dienone is 2. The summed E-state index contributed by atoms with van der Waals surface area (Å²) in [7, 11) is 0. The van der Waals surface area contributed by atoms with Crippen LogP contribution in [0.15, 0.2) is 43.0 Å². The second-order valence-electron chi connectivity index (χ2n) is 11.7. The fourth-order valence-electron chi connectivity index (χ4n) is 7.67. The maximum absolute atomic E-state index is 4.01. The molecule has 1 aromatic rings. The van der Waals surface area contributed by atoms with Crippen molar-refractivity contribution in [2.45, 2.75) is 116 Å². The molecule has 182 valence electrons. The van der Waals surface area contributed by atoms with Gasteiger partial charge in [-0.15, -0.1) is 6.58 Å². The number of benzene rings is 1. The number of hydrogen-bond acceptors (Lipinski definition) is 0. The van der Waals surface area contributed by atoms with Gasteiger partial charge in [0.15, 0.2) is 0 Å². The first kappa shape index (κ1) is 24.8. The Kier molecular flexibility index (Phi) is 9.75. The van der Waals surface area contributed by atoms with E-state index in [1.54, 1.807) is 5.56 Å². The molecule has 3 saturated carbocycles. The van der Waals surface area contributed by atoms with Gasteiger partial charge < -0.3 is 0 Å². The molecule has 0 heterocycles. The maximum atomic E-state index is 4.01. The first-order valence-corrected chi connectivity index (χ1v) is 14.7. The molecule has 0 heteroatoms. The minimum Gasteiger partial charge on any atom is -0.103 e. The Bertz CT molecular complexity index is 687. The molecule has 3 fully saturated rings. The summed E-state index contributed by atoms with van der Waals surface area (Å²) in [5.74, 6) is 5.18. The van der Waals surface area contributed by atoms with Crippen molar-refractivity contribution in [2.75, 3.05) is 0 Å². The molecule has 0 N–H and O–H groups in total. The minimum absolute atomic E-state index is 0.750. The van der Waals surface area contributed by atoms with Crippen LogP contribution >= 0.6 is 0 Å². The van der Waals surface area contributed by atoms with E-state index in [2.05, 4.69) is 56.0 Å². The quantitative estimate of drug-likeness (QED) is 0.331. The van der Waals surface area contributed by atoms with Gasteiger partial charge in [-0.1, -0.05) is 120 Å². The molecule has 1 aromatic carbocycles. The molecule has 0 saturated heterocycles. The zero-order chi connectivity index (χ0) is 22.9. The molecule has 0 nitrogen and oxygen atoms in total. The van der Waals surface area contributed by atoms with E-state index in [0.29, 0.717) is 0 Å². The van der Waals surface area contributed by atoms with Gasteiger partial charge in [-0.25, -0.2) is 0 Å². The summed E-state index contributed by atoms with van der Waals surface area (Å²) in [6.07, 6.45) is 30.2. The zero-order valence-corrected chi connectivity index (χ0v) is 21.5. The van der Waals surface area contributed by atoms with E-state index >= 15 is 0 Å². The van der Waals surface area contributed by atoms with Crippen LogP contribution in [0.4, 0.5) is 0 Å². The Hall–Kier alpha value is -1.30. The SMILES string of the molecule is C=CC1CCC(c2ccc(C=CC(CCC)C(C3CCCCC3)C3CCCCC3)cc2)CC1.